The second-order valence-electron chi connectivity index (χ2n) is 12.9. The van der Waals surface area contributed by atoms with Gasteiger partial charge >= 0.3 is 0 Å². The molecule has 0 nitrogen and oxygen atoms in total. The average Bonchev–Trinajstić information content (AvgIpc) is 3.41. The molecule has 1 heterocycles. The molecule has 0 bridgehead atoms. The molecule has 1 heteroatoms. The van der Waals surface area contributed by atoms with Gasteiger partial charge in [0, 0.05) is 15.2 Å². The number of hydrogen-bond donors (Lipinski definition) is 0. The van der Waals surface area contributed by atoms with Crippen molar-refractivity contribution in [1.82, 2.24) is 0 Å². The highest BCUT2D eigenvalue weighted by atomic mass is 32.2. The predicted octanol–water partition coefficient (Wildman–Crippen LogP) is 12.5. The van der Waals surface area contributed by atoms with E-state index in [9.17, 15) is 0 Å². The maximum atomic E-state index is 2.50. The van der Waals surface area contributed by atoms with Crippen LogP contribution in [0.5, 0.6) is 0 Å². The molecule has 0 N–H and O–H groups in total. The van der Waals surface area contributed by atoms with Crippen molar-refractivity contribution in [1.29, 1.82) is 0 Å². The maximum Gasteiger partial charge on any atom is 0.0714 e. The second kappa shape index (κ2) is 10.1. The van der Waals surface area contributed by atoms with Crippen molar-refractivity contribution >= 4 is 33.3 Å². The Balaban J connectivity index is 1.28. The Hall–Kier alpha value is -5.37. The van der Waals surface area contributed by atoms with Crippen molar-refractivity contribution in [2.24, 2.45) is 0 Å². The summed E-state index contributed by atoms with van der Waals surface area (Å²) >= 11 is 1.91. The fourth-order valence-electron chi connectivity index (χ4n) is 8.39. The molecular formula is C46H30S. The van der Waals surface area contributed by atoms with Gasteiger partial charge in [0.05, 0.1) is 5.41 Å². The summed E-state index contributed by atoms with van der Waals surface area (Å²) in [4.78, 5) is 2.66. The normalized spacial score (nSPS) is 13.7. The zero-order valence-electron chi connectivity index (χ0n) is 26.0. The summed E-state index contributed by atoms with van der Waals surface area (Å²) < 4.78 is 0. The fraction of sp³-hybridized carbons (Fsp3) is 0.0435. The highest BCUT2D eigenvalue weighted by molar-refractivity contribution is 8.00. The van der Waals surface area contributed by atoms with Gasteiger partial charge in [0.25, 0.3) is 0 Å². The van der Waals surface area contributed by atoms with E-state index in [1.165, 1.54) is 92.5 Å². The first-order chi connectivity index (χ1) is 23.2. The van der Waals surface area contributed by atoms with Crippen LogP contribution < -0.4 is 0 Å². The van der Waals surface area contributed by atoms with E-state index in [4.69, 9.17) is 0 Å². The number of fused-ring (bicyclic) bond motifs is 6. The molecule has 8 aromatic carbocycles. The minimum absolute atomic E-state index is 0.458. The Labute approximate surface area is 279 Å². The summed E-state index contributed by atoms with van der Waals surface area (Å²) in [5, 5.41) is 5.27. The molecule has 0 fully saturated rings. The van der Waals surface area contributed by atoms with E-state index in [0.717, 1.165) is 0 Å². The summed E-state index contributed by atoms with van der Waals surface area (Å²) in [6.07, 6.45) is 0. The molecule has 0 aromatic heterocycles. The van der Waals surface area contributed by atoms with Gasteiger partial charge in [-0.3, -0.25) is 0 Å². The highest BCUT2D eigenvalue weighted by Gasteiger charge is 2.46. The molecule has 0 saturated carbocycles. The maximum absolute atomic E-state index is 2.50. The first-order valence-electron chi connectivity index (χ1n) is 16.3. The number of hydrogen-bond acceptors (Lipinski definition) is 1. The van der Waals surface area contributed by atoms with Gasteiger partial charge in [0.2, 0.25) is 0 Å². The fourth-order valence-corrected chi connectivity index (χ4v) is 9.67. The first kappa shape index (κ1) is 26.8. The molecule has 47 heavy (non-hydrogen) atoms. The van der Waals surface area contributed by atoms with Gasteiger partial charge in [-0.25, -0.2) is 0 Å². The quantitative estimate of drug-likeness (QED) is 0.191. The lowest BCUT2D eigenvalue weighted by molar-refractivity contribution is 0.770. The van der Waals surface area contributed by atoms with Crippen LogP contribution in [-0.4, -0.2) is 0 Å². The van der Waals surface area contributed by atoms with Crippen LogP contribution in [0.15, 0.2) is 174 Å². The van der Waals surface area contributed by atoms with Crippen molar-refractivity contribution in [3.63, 3.8) is 0 Å². The predicted molar refractivity (Wildman–Crippen MR) is 198 cm³/mol. The van der Waals surface area contributed by atoms with E-state index < -0.39 is 5.41 Å². The van der Waals surface area contributed by atoms with Gasteiger partial charge in [0.1, 0.15) is 0 Å². The third-order valence-corrected chi connectivity index (χ3v) is 11.7. The van der Waals surface area contributed by atoms with E-state index in [2.05, 4.69) is 171 Å². The van der Waals surface area contributed by atoms with Crippen molar-refractivity contribution in [2.45, 2.75) is 22.1 Å². The molecule has 0 spiro atoms. The van der Waals surface area contributed by atoms with Gasteiger partial charge in [-0.05, 0) is 109 Å². The van der Waals surface area contributed by atoms with Crippen LogP contribution in [0.25, 0.3) is 54.9 Å². The molecular weight excluding hydrogens is 585 g/mol. The third-order valence-electron chi connectivity index (χ3n) is 10.5. The summed E-state index contributed by atoms with van der Waals surface area (Å²) in [5.41, 5.74) is 14.0. The van der Waals surface area contributed by atoms with Crippen molar-refractivity contribution in [2.75, 3.05) is 0 Å². The lowest BCUT2D eigenvalue weighted by Gasteiger charge is -2.34. The molecule has 0 atom stereocenters. The minimum atomic E-state index is -0.458. The second-order valence-corrected chi connectivity index (χ2v) is 13.9. The van der Waals surface area contributed by atoms with Crippen LogP contribution >= 0.6 is 11.8 Å². The summed E-state index contributed by atoms with van der Waals surface area (Å²) in [7, 11) is 0. The van der Waals surface area contributed by atoms with Crippen LogP contribution in [0.2, 0.25) is 0 Å². The van der Waals surface area contributed by atoms with Crippen LogP contribution in [0, 0.1) is 6.92 Å². The summed E-state index contributed by atoms with van der Waals surface area (Å²) in [6.45, 7) is 2.23. The van der Waals surface area contributed by atoms with Gasteiger partial charge in [0.15, 0.2) is 0 Å². The van der Waals surface area contributed by atoms with E-state index >= 15 is 0 Å². The van der Waals surface area contributed by atoms with Crippen molar-refractivity contribution < 1.29 is 0 Å². The summed E-state index contributed by atoms with van der Waals surface area (Å²) in [5.74, 6) is 0. The lowest BCUT2D eigenvalue weighted by atomic mass is 9.67. The zero-order chi connectivity index (χ0) is 31.1. The van der Waals surface area contributed by atoms with Gasteiger partial charge in [-0.1, -0.05) is 151 Å². The topological polar surface area (TPSA) is 0 Å². The third kappa shape index (κ3) is 3.72. The largest absolute Gasteiger partial charge is 0.0881 e. The van der Waals surface area contributed by atoms with E-state index in [-0.39, 0.29) is 0 Å². The molecule has 1 aliphatic heterocycles. The smallest absolute Gasteiger partial charge is 0.0714 e. The SMILES string of the molecule is Cc1cccc2cc3c(cc12)C(c1ccccc1)(c1ccccc1)c1cc(-c2cccc4c2Sc2cccc5cccc-4c25)ccc1-3. The monoisotopic (exact) mass is 614 g/mol. The van der Waals surface area contributed by atoms with Gasteiger partial charge in [-0.15, -0.1) is 0 Å². The number of aryl methyl sites for hydroxylation is 1. The molecule has 0 radical (unpaired) electrons. The Morgan fingerprint density at radius 2 is 1.09 bits per heavy atom. The standard InChI is InChI=1S/C46H30S/c1-29-12-8-15-31-26-40-36-25-24-32(35-20-11-22-38-37-21-9-13-30-14-10-23-43(44(30)37)47-45(35)38)27-41(36)46(42(40)28-39(29)31,33-16-4-2-5-17-33)34-18-6-3-7-19-34/h2-28H,1H3. The molecule has 8 aromatic rings. The van der Waals surface area contributed by atoms with Crippen LogP contribution in [-0.2, 0) is 5.41 Å². The van der Waals surface area contributed by atoms with Crippen LogP contribution in [0.3, 0.4) is 0 Å². The number of rotatable bonds is 3. The van der Waals surface area contributed by atoms with Crippen molar-refractivity contribution in [3.8, 4) is 33.4 Å². The Morgan fingerprint density at radius 1 is 0.447 bits per heavy atom. The molecule has 1 aliphatic carbocycles. The minimum Gasteiger partial charge on any atom is -0.0881 e. The molecule has 0 amide bonds. The van der Waals surface area contributed by atoms with Gasteiger partial charge in [-0.2, -0.15) is 0 Å². The molecule has 220 valence electrons. The Kier molecular flexibility index (Phi) is 5.74. The lowest BCUT2D eigenvalue weighted by Crippen LogP contribution is -2.28. The zero-order valence-corrected chi connectivity index (χ0v) is 26.8. The Morgan fingerprint density at radius 3 is 1.87 bits per heavy atom. The van der Waals surface area contributed by atoms with E-state index in [0.29, 0.717) is 0 Å². The molecule has 10 rings (SSSR count). The van der Waals surface area contributed by atoms with Crippen LogP contribution in [0.1, 0.15) is 27.8 Å². The average molecular weight is 615 g/mol. The van der Waals surface area contributed by atoms with E-state index in [1.54, 1.807) is 0 Å². The summed E-state index contributed by atoms with van der Waals surface area (Å²) in [6, 6.07) is 61.4. The van der Waals surface area contributed by atoms with E-state index in [1.807, 2.05) is 11.8 Å². The molecule has 2 aliphatic rings. The van der Waals surface area contributed by atoms with Crippen molar-refractivity contribution in [3.05, 3.63) is 192 Å². The first-order valence-corrected chi connectivity index (χ1v) is 17.2. The highest BCUT2D eigenvalue weighted by Crippen LogP contribution is 2.58. The molecule has 0 unspecified atom stereocenters. The Bertz CT molecular complexity index is 2500. The van der Waals surface area contributed by atoms with Crippen LogP contribution in [0.4, 0.5) is 0 Å². The number of benzene rings is 8. The molecule has 0 saturated heterocycles. The van der Waals surface area contributed by atoms with Gasteiger partial charge < -0.3 is 0 Å².